The quantitative estimate of drug-likeness (QED) is 0.889. The number of alkyl halides is 3. The molecule has 1 aromatic carbocycles. The predicted octanol–water partition coefficient (Wildman–Crippen LogP) is 3.27. The molecule has 2 unspecified atom stereocenters. The highest BCUT2D eigenvalue weighted by Crippen LogP contribution is 2.27. The van der Waals surface area contributed by atoms with Crippen molar-refractivity contribution in [2.24, 2.45) is 5.73 Å². The molecule has 0 spiro atoms. The van der Waals surface area contributed by atoms with E-state index in [1.165, 1.54) is 18.2 Å². The minimum Gasteiger partial charge on any atom is -0.406 e. The minimum absolute atomic E-state index is 0.167. The number of rotatable bonds is 3. The van der Waals surface area contributed by atoms with Crippen molar-refractivity contribution in [1.29, 1.82) is 0 Å². The van der Waals surface area contributed by atoms with E-state index in [-0.39, 0.29) is 17.8 Å². The zero-order valence-electron chi connectivity index (χ0n) is 10.4. The highest BCUT2D eigenvalue weighted by atomic mass is 19.4. The molecule has 0 aliphatic heterocycles. The van der Waals surface area contributed by atoms with Crippen molar-refractivity contribution in [3.63, 3.8) is 0 Å². The van der Waals surface area contributed by atoms with Gasteiger partial charge in [0.25, 0.3) is 0 Å². The van der Waals surface area contributed by atoms with Crippen molar-refractivity contribution in [2.75, 3.05) is 5.32 Å². The van der Waals surface area contributed by atoms with E-state index in [9.17, 15) is 13.2 Å². The van der Waals surface area contributed by atoms with Crippen LogP contribution in [0, 0.1) is 0 Å². The second-order valence-corrected chi connectivity index (χ2v) is 4.84. The molecule has 19 heavy (non-hydrogen) atoms. The van der Waals surface area contributed by atoms with E-state index < -0.39 is 6.36 Å². The zero-order chi connectivity index (χ0) is 13.9. The molecule has 0 amide bonds. The fourth-order valence-corrected chi connectivity index (χ4v) is 2.38. The standard InChI is InChI=1S/C13H17F3N2O/c14-13(15,16)19-12-6-2-5-11(8-12)18-10-4-1-3-9(17)7-10/h2,5-6,8-10,18H,1,3-4,7,17H2. The molecule has 0 radical (unpaired) electrons. The van der Waals surface area contributed by atoms with Gasteiger partial charge in [-0.1, -0.05) is 6.07 Å². The maximum atomic E-state index is 12.1. The third-order valence-corrected chi connectivity index (χ3v) is 3.15. The number of hydrogen-bond donors (Lipinski definition) is 2. The van der Waals surface area contributed by atoms with E-state index in [2.05, 4.69) is 10.1 Å². The number of halogens is 3. The summed E-state index contributed by atoms with van der Waals surface area (Å²) in [6.45, 7) is 0. The van der Waals surface area contributed by atoms with Gasteiger partial charge in [0.05, 0.1) is 0 Å². The van der Waals surface area contributed by atoms with Crippen LogP contribution >= 0.6 is 0 Å². The molecule has 1 aliphatic carbocycles. The van der Waals surface area contributed by atoms with Crippen molar-refractivity contribution in [3.05, 3.63) is 24.3 Å². The molecule has 1 saturated carbocycles. The van der Waals surface area contributed by atoms with Crippen LogP contribution in [0.1, 0.15) is 25.7 Å². The SMILES string of the molecule is NC1CCCC(Nc2cccc(OC(F)(F)F)c2)C1. The highest BCUT2D eigenvalue weighted by molar-refractivity contribution is 5.49. The van der Waals surface area contributed by atoms with E-state index in [0.717, 1.165) is 25.7 Å². The van der Waals surface area contributed by atoms with Gasteiger partial charge < -0.3 is 15.8 Å². The van der Waals surface area contributed by atoms with Gasteiger partial charge in [-0.3, -0.25) is 0 Å². The van der Waals surface area contributed by atoms with E-state index >= 15 is 0 Å². The first-order chi connectivity index (χ1) is 8.92. The fourth-order valence-electron chi connectivity index (χ4n) is 2.38. The second-order valence-electron chi connectivity index (χ2n) is 4.84. The first kappa shape index (κ1) is 14.0. The van der Waals surface area contributed by atoms with Gasteiger partial charge in [-0.25, -0.2) is 0 Å². The third kappa shape index (κ3) is 4.63. The van der Waals surface area contributed by atoms with Gasteiger partial charge in [-0.15, -0.1) is 13.2 Å². The topological polar surface area (TPSA) is 47.3 Å². The lowest BCUT2D eigenvalue weighted by Crippen LogP contribution is -2.34. The van der Waals surface area contributed by atoms with Gasteiger partial charge in [0.15, 0.2) is 0 Å². The van der Waals surface area contributed by atoms with E-state index in [0.29, 0.717) is 5.69 Å². The number of anilines is 1. The van der Waals surface area contributed by atoms with Crippen molar-refractivity contribution in [1.82, 2.24) is 0 Å². The average Bonchev–Trinajstić information content (AvgIpc) is 2.27. The Hall–Kier alpha value is -1.43. The van der Waals surface area contributed by atoms with Crippen LogP contribution in [0.3, 0.4) is 0 Å². The molecule has 3 N–H and O–H groups in total. The third-order valence-electron chi connectivity index (χ3n) is 3.15. The Balaban J connectivity index is 1.98. The molecular weight excluding hydrogens is 257 g/mol. The van der Waals surface area contributed by atoms with Crippen LogP contribution in [0.4, 0.5) is 18.9 Å². The summed E-state index contributed by atoms with van der Waals surface area (Å²) in [6.07, 6.45) is -0.790. The van der Waals surface area contributed by atoms with Crippen LogP contribution in [0.25, 0.3) is 0 Å². The molecular formula is C13H17F3N2O. The zero-order valence-corrected chi connectivity index (χ0v) is 10.4. The van der Waals surface area contributed by atoms with Crippen molar-refractivity contribution < 1.29 is 17.9 Å². The van der Waals surface area contributed by atoms with Crippen LogP contribution < -0.4 is 15.8 Å². The highest BCUT2D eigenvalue weighted by Gasteiger charge is 2.31. The van der Waals surface area contributed by atoms with E-state index in [4.69, 9.17) is 5.73 Å². The minimum atomic E-state index is -4.66. The van der Waals surface area contributed by atoms with Crippen molar-refractivity contribution in [2.45, 2.75) is 44.1 Å². The lowest BCUT2D eigenvalue weighted by atomic mass is 9.91. The number of nitrogens with one attached hydrogen (secondary N) is 1. The maximum absolute atomic E-state index is 12.1. The number of benzene rings is 1. The van der Waals surface area contributed by atoms with E-state index in [1.54, 1.807) is 6.07 Å². The Kier molecular flexibility index (Phi) is 4.19. The van der Waals surface area contributed by atoms with Crippen molar-refractivity contribution >= 4 is 5.69 Å². The summed E-state index contributed by atoms with van der Waals surface area (Å²) in [4.78, 5) is 0. The van der Waals surface area contributed by atoms with Gasteiger partial charge in [0.2, 0.25) is 0 Å². The lowest BCUT2D eigenvalue weighted by molar-refractivity contribution is -0.274. The summed E-state index contributed by atoms with van der Waals surface area (Å²) < 4.78 is 40.3. The Morgan fingerprint density at radius 2 is 2.05 bits per heavy atom. The number of hydrogen-bond acceptors (Lipinski definition) is 3. The Morgan fingerprint density at radius 1 is 1.26 bits per heavy atom. The van der Waals surface area contributed by atoms with Crippen LogP contribution in [0.5, 0.6) is 5.75 Å². The fraction of sp³-hybridized carbons (Fsp3) is 0.538. The first-order valence-electron chi connectivity index (χ1n) is 6.30. The molecule has 2 rings (SSSR count). The molecule has 3 nitrogen and oxygen atoms in total. The maximum Gasteiger partial charge on any atom is 0.573 e. The molecule has 1 fully saturated rings. The molecule has 0 bridgehead atoms. The molecule has 0 aromatic heterocycles. The summed E-state index contributed by atoms with van der Waals surface area (Å²) in [5.41, 5.74) is 6.50. The summed E-state index contributed by atoms with van der Waals surface area (Å²) in [5, 5.41) is 3.21. The van der Waals surface area contributed by atoms with Crippen LogP contribution in [0.2, 0.25) is 0 Å². The van der Waals surface area contributed by atoms with Gasteiger partial charge >= 0.3 is 6.36 Å². The summed E-state index contributed by atoms with van der Waals surface area (Å²) in [5.74, 6) is -0.211. The van der Waals surface area contributed by atoms with Crippen molar-refractivity contribution in [3.8, 4) is 5.75 Å². The van der Waals surface area contributed by atoms with Gasteiger partial charge in [-0.2, -0.15) is 0 Å². The Bertz CT molecular complexity index is 423. The summed E-state index contributed by atoms with van der Waals surface area (Å²) in [7, 11) is 0. The van der Waals surface area contributed by atoms with E-state index in [1.807, 2.05) is 0 Å². The monoisotopic (exact) mass is 274 g/mol. The van der Waals surface area contributed by atoms with Crippen LogP contribution in [-0.4, -0.2) is 18.4 Å². The van der Waals surface area contributed by atoms with Gasteiger partial charge in [0.1, 0.15) is 5.75 Å². The lowest BCUT2D eigenvalue weighted by Gasteiger charge is -2.28. The number of ether oxygens (including phenoxy) is 1. The average molecular weight is 274 g/mol. The van der Waals surface area contributed by atoms with Crippen LogP contribution in [0.15, 0.2) is 24.3 Å². The summed E-state index contributed by atoms with van der Waals surface area (Å²) >= 11 is 0. The molecule has 2 atom stereocenters. The van der Waals surface area contributed by atoms with Crippen LogP contribution in [-0.2, 0) is 0 Å². The smallest absolute Gasteiger partial charge is 0.406 e. The normalized spacial score (nSPS) is 24.0. The van der Waals surface area contributed by atoms with Gasteiger partial charge in [-0.05, 0) is 37.8 Å². The molecule has 106 valence electrons. The predicted molar refractivity (Wildman–Crippen MR) is 67.0 cm³/mol. The number of nitrogens with two attached hydrogens (primary N) is 1. The Labute approximate surface area is 109 Å². The Morgan fingerprint density at radius 3 is 2.74 bits per heavy atom. The molecule has 0 saturated heterocycles. The van der Waals surface area contributed by atoms with Gasteiger partial charge in [0, 0.05) is 23.8 Å². The molecule has 0 heterocycles. The first-order valence-corrected chi connectivity index (χ1v) is 6.30. The largest absolute Gasteiger partial charge is 0.573 e. The summed E-state index contributed by atoms with van der Waals surface area (Å²) in [6, 6.07) is 6.28. The molecule has 6 heteroatoms. The second kappa shape index (κ2) is 5.69. The molecule has 1 aliphatic rings. The molecule has 1 aromatic rings.